The van der Waals surface area contributed by atoms with Crippen molar-refractivity contribution in [2.75, 3.05) is 20.4 Å². The van der Waals surface area contributed by atoms with Crippen molar-refractivity contribution in [3.05, 3.63) is 17.4 Å². The highest BCUT2D eigenvalue weighted by Gasteiger charge is 2.42. The first kappa shape index (κ1) is 12.5. The van der Waals surface area contributed by atoms with Crippen LogP contribution in [0.25, 0.3) is 0 Å². The van der Waals surface area contributed by atoms with Gasteiger partial charge in [0.1, 0.15) is 0 Å². The van der Waals surface area contributed by atoms with Gasteiger partial charge < -0.3 is 19.9 Å². The minimum atomic E-state index is -0.415. The molecule has 104 valence electrons. The molecule has 0 radical (unpaired) electrons. The Morgan fingerprint density at radius 1 is 1.37 bits per heavy atom. The summed E-state index contributed by atoms with van der Waals surface area (Å²) in [6, 6.07) is 1.32. The number of methoxy groups -OCH3 is 1. The van der Waals surface area contributed by atoms with Gasteiger partial charge in [-0.25, -0.2) is 4.39 Å². The summed E-state index contributed by atoms with van der Waals surface area (Å²) >= 11 is 0. The molecule has 0 atom stereocenters. The van der Waals surface area contributed by atoms with E-state index in [0.717, 1.165) is 31.2 Å². The van der Waals surface area contributed by atoms with Crippen LogP contribution < -0.4 is 19.9 Å². The molecule has 0 aromatic heterocycles. The van der Waals surface area contributed by atoms with Gasteiger partial charge in [0, 0.05) is 18.0 Å². The predicted octanol–water partition coefficient (Wildman–Crippen LogP) is 2.33. The van der Waals surface area contributed by atoms with E-state index in [9.17, 15) is 4.39 Å². The lowest BCUT2D eigenvalue weighted by atomic mass is 9.77. The zero-order chi connectivity index (χ0) is 13.5. The highest BCUT2D eigenvalue weighted by Crippen LogP contribution is 2.53. The van der Waals surface area contributed by atoms with Crippen LogP contribution in [0.15, 0.2) is 6.07 Å². The maximum absolute atomic E-state index is 14.2. The van der Waals surface area contributed by atoms with Gasteiger partial charge in [0.25, 0.3) is 0 Å². The molecule has 1 aliphatic heterocycles. The number of benzene rings is 1. The van der Waals surface area contributed by atoms with E-state index < -0.39 is 5.82 Å². The van der Waals surface area contributed by atoms with Crippen LogP contribution in [0.1, 0.15) is 31.2 Å². The Labute approximate surface area is 111 Å². The number of halogens is 1. The fourth-order valence-corrected chi connectivity index (χ4v) is 3.28. The summed E-state index contributed by atoms with van der Waals surface area (Å²) in [5, 5.41) is 0. The summed E-state index contributed by atoms with van der Waals surface area (Å²) in [6.45, 7) is 0.582. The molecular formula is C14H18FNO3. The van der Waals surface area contributed by atoms with Crippen LogP contribution in [0.3, 0.4) is 0 Å². The largest absolute Gasteiger partial charge is 0.493 e. The lowest BCUT2D eigenvalue weighted by Gasteiger charge is -2.30. The van der Waals surface area contributed by atoms with E-state index in [-0.39, 0.29) is 18.0 Å². The molecule has 5 heteroatoms. The van der Waals surface area contributed by atoms with E-state index in [1.54, 1.807) is 0 Å². The first-order valence-corrected chi connectivity index (χ1v) is 6.58. The molecule has 2 N–H and O–H groups in total. The SMILES string of the molecule is COc1c(F)cc2c(c1C1(CN)CCCC1)OCO2. The number of hydrogen-bond donors (Lipinski definition) is 1. The average molecular weight is 267 g/mol. The van der Waals surface area contributed by atoms with Gasteiger partial charge in [-0.2, -0.15) is 0 Å². The van der Waals surface area contributed by atoms with Crippen LogP contribution in [-0.4, -0.2) is 20.4 Å². The highest BCUT2D eigenvalue weighted by atomic mass is 19.1. The van der Waals surface area contributed by atoms with E-state index in [2.05, 4.69) is 0 Å². The van der Waals surface area contributed by atoms with E-state index in [1.807, 2.05) is 0 Å². The zero-order valence-electron chi connectivity index (χ0n) is 11.0. The van der Waals surface area contributed by atoms with Gasteiger partial charge in [0.2, 0.25) is 6.79 Å². The maximum Gasteiger partial charge on any atom is 0.231 e. The first-order chi connectivity index (χ1) is 9.22. The van der Waals surface area contributed by atoms with Gasteiger partial charge in [-0.15, -0.1) is 0 Å². The van der Waals surface area contributed by atoms with Crippen LogP contribution in [0.5, 0.6) is 17.2 Å². The fraction of sp³-hybridized carbons (Fsp3) is 0.571. The van der Waals surface area contributed by atoms with E-state index in [1.165, 1.54) is 13.2 Å². The van der Waals surface area contributed by atoms with Gasteiger partial charge in [-0.1, -0.05) is 12.8 Å². The summed E-state index contributed by atoms with van der Waals surface area (Å²) in [5.41, 5.74) is 6.49. The van der Waals surface area contributed by atoms with Crippen molar-refractivity contribution in [1.29, 1.82) is 0 Å². The van der Waals surface area contributed by atoms with Gasteiger partial charge in [0.05, 0.1) is 12.7 Å². The summed E-state index contributed by atoms with van der Waals surface area (Å²) < 4.78 is 30.3. The quantitative estimate of drug-likeness (QED) is 0.913. The highest BCUT2D eigenvalue weighted by molar-refractivity contribution is 5.59. The van der Waals surface area contributed by atoms with E-state index >= 15 is 0 Å². The molecule has 0 spiro atoms. The van der Waals surface area contributed by atoms with Crippen molar-refractivity contribution >= 4 is 0 Å². The molecule has 4 nitrogen and oxygen atoms in total. The second-order valence-corrected chi connectivity index (χ2v) is 5.19. The topological polar surface area (TPSA) is 53.7 Å². The molecule has 0 amide bonds. The normalized spacial score (nSPS) is 19.7. The molecule has 0 bridgehead atoms. The molecule has 0 saturated heterocycles. The Hall–Kier alpha value is -1.49. The number of hydrogen-bond acceptors (Lipinski definition) is 4. The van der Waals surface area contributed by atoms with E-state index in [4.69, 9.17) is 19.9 Å². The van der Waals surface area contributed by atoms with Crippen LogP contribution in [0.2, 0.25) is 0 Å². The molecule has 1 heterocycles. The summed E-state index contributed by atoms with van der Waals surface area (Å²) in [6.07, 6.45) is 4.04. The molecule has 1 fully saturated rings. The molecule has 1 aromatic carbocycles. The van der Waals surface area contributed by atoms with Gasteiger partial charge >= 0.3 is 0 Å². The number of rotatable bonds is 3. The number of fused-ring (bicyclic) bond motifs is 1. The van der Waals surface area contributed by atoms with Crippen LogP contribution in [0.4, 0.5) is 4.39 Å². The van der Waals surface area contributed by atoms with Gasteiger partial charge in [0.15, 0.2) is 23.1 Å². The predicted molar refractivity (Wildman–Crippen MR) is 68.3 cm³/mol. The Morgan fingerprint density at radius 3 is 2.74 bits per heavy atom. The maximum atomic E-state index is 14.2. The Balaban J connectivity index is 2.23. The number of ether oxygens (including phenoxy) is 3. The Morgan fingerprint density at radius 2 is 2.11 bits per heavy atom. The molecule has 19 heavy (non-hydrogen) atoms. The average Bonchev–Trinajstić information content (AvgIpc) is 3.06. The second kappa shape index (κ2) is 4.56. The Kier molecular flexibility index (Phi) is 3.01. The molecular weight excluding hydrogens is 249 g/mol. The van der Waals surface area contributed by atoms with Crippen molar-refractivity contribution < 1.29 is 18.6 Å². The summed E-state index contributed by atoms with van der Waals surface area (Å²) in [7, 11) is 1.48. The minimum Gasteiger partial charge on any atom is -0.493 e. The molecule has 2 aliphatic rings. The lowest BCUT2D eigenvalue weighted by molar-refractivity contribution is 0.171. The van der Waals surface area contributed by atoms with Crippen LogP contribution >= 0.6 is 0 Å². The number of nitrogens with two attached hydrogens (primary N) is 1. The van der Waals surface area contributed by atoms with Crippen molar-refractivity contribution in [2.24, 2.45) is 5.73 Å². The van der Waals surface area contributed by atoms with Crippen LogP contribution in [-0.2, 0) is 5.41 Å². The monoisotopic (exact) mass is 267 g/mol. The molecule has 1 saturated carbocycles. The fourth-order valence-electron chi connectivity index (χ4n) is 3.28. The van der Waals surface area contributed by atoms with Crippen molar-refractivity contribution in [1.82, 2.24) is 0 Å². The standard InChI is InChI=1S/C14H18FNO3/c1-17-12-9(15)6-10-13(19-8-18-10)11(12)14(7-16)4-2-3-5-14/h6H,2-5,7-8,16H2,1H3. The van der Waals surface area contributed by atoms with Crippen molar-refractivity contribution in [3.63, 3.8) is 0 Å². The zero-order valence-corrected chi connectivity index (χ0v) is 11.0. The van der Waals surface area contributed by atoms with Gasteiger partial charge in [-0.05, 0) is 12.8 Å². The Bertz CT molecular complexity index is 494. The summed E-state index contributed by atoms with van der Waals surface area (Å²) in [5.74, 6) is 0.886. The lowest BCUT2D eigenvalue weighted by Crippen LogP contribution is -2.33. The molecule has 1 aromatic rings. The third kappa shape index (κ3) is 1.75. The van der Waals surface area contributed by atoms with Gasteiger partial charge in [-0.3, -0.25) is 0 Å². The van der Waals surface area contributed by atoms with Crippen molar-refractivity contribution in [2.45, 2.75) is 31.1 Å². The van der Waals surface area contributed by atoms with E-state index in [0.29, 0.717) is 18.0 Å². The van der Waals surface area contributed by atoms with Crippen molar-refractivity contribution in [3.8, 4) is 17.2 Å². The smallest absolute Gasteiger partial charge is 0.231 e. The second-order valence-electron chi connectivity index (χ2n) is 5.19. The molecule has 0 unspecified atom stereocenters. The summed E-state index contributed by atoms with van der Waals surface area (Å²) in [4.78, 5) is 0. The molecule has 1 aliphatic carbocycles. The third-order valence-corrected chi connectivity index (χ3v) is 4.26. The minimum absolute atomic E-state index is 0.121. The molecule has 3 rings (SSSR count). The third-order valence-electron chi connectivity index (χ3n) is 4.26. The first-order valence-electron chi connectivity index (χ1n) is 6.58. The van der Waals surface area contributed by atoms with Crippen LogP contribution in [0, 0.1) is 5.82 Å².